The van der Waals surface area contributed by atoms with Crippen molar-refractivity contribution >= 4 is 11.7 Å². The van der Waals surface area contributed by atoms with Gasteiger partial charge in [0.1, 0.15) is 11.6 Å². The van der Waals surface area contributed by atoms with E-state index in [1.807, 2.05) is 27.8 Å². The minimum atomic E-state index is -0.0587. The average Bonchev–Trinajstić information content (AvgIpc) is 3.17. The number of amides is 1. The topological polar surface area (TPSA) is 63.3 Å². The molecule has 0 atom stereocenters. The number of carbonyl (C=O) groups is 1. The molecule has 1 heterocycles. The Labute approximate surface area is 113 Å². The molecule has 5 nitrogen and oxygen atoms in total. The highest BCUT2D eigenvalue weighted by atomic mass is 16.5. The van der Waals surface area contributed by atoms with Crippen molar-refractivity contribution in [2.45, 2.75) is 39.7 Å². The van der Waals surface area contributed by atoms with Crippen LogP contribution in [0.2, 0.25) is 0 Å². The molecule has 1 saturated carbocycles. The molecule has 104 valence electrons. The zero-order valence-corrected chi connectivity index (χ0v) is 12.0. The predicted molar refractivity (Wildman–Crippen MR) is 74.7 cm³/mol. The third kappa shape index (κ3) is 3.16. The summed E-state index contributed by atoms with van der Waals surface area (Å²) in [6, 6.07) is 0.366. The SMILES string of the molecule is CNc1nc(C)c(OCC(=O)NC2CC2)c(C)c1C. The van der Waals surface area contributed by atoms with Gasteiger partial charge in [0, 0.05) is 13.1 Å². The molecule has 0 radical (unpaired) electrons. The van der Waals surface area contributed by atoms with Crippen LogP contribution in [0.5, 0.6) is 5.75 Å². The molecule has 19 heavy (non-hydrogen) atoms. The molecule has 1 aromatic rings. The molecule has 5 heteroatoms. The van der Waals surface area contributed by atoms with Gasteiger partial charge >= 0.3 is 0 Å². The van der Waals surface area contributed by atoms with Crippen molar-refractivity contribution < 1.29 is 9.53 Å². The first-order valence-electron chi connectivity index (χ1n) is 6.60. The molecule has 1 aromatic heterocycles. The van der Waals surface area contributed by atoms with Crippen molar-refractivity contribution in [1.29, 1.82) is 0 Å². The lowest BCUT2D eigenvalue weighted by Crippen LogP contribution is -2.30. The molecule has 0 bridgehead atoms. The minimum Gasteiger partial charge on any atom is -0.482 e. The highest BCUT2D eigenvalue weighted by molar-refractivity contribution is 5.78. The number of rotatable bonds is 5. The maximum absolute atomic E-state index is 11.6. The van der Waals surface area contributed by atoms with E-state index in [2.05, 4.69) is 15.6 Å². The fourth-order valence-corrected chi connectivity index (χ4v) is 2.01. The second kappa shape index (κ2) is 5.47. The Balaban J connectivity index is 2.06. The van der Waals surface area contributed by atoms with E-state index >= 15 is 0 Å². The molecule has 2 rings (SSSR count). The number of ether oxygens (including phenoxy) is 1. The maximum Gasteiger partial charge on any atom is 0.258 e. The molecule has 0 spiro atoms. The smallest absolute Gasteiger partial charge is 0.258 e. The van der Waals surface area contributed by atoms with Gasteiger partial charge in [0.25, 0.3) is 5.91 Å². The number of hydrogen-bond donors (Lipinski definition) is 2. The van der Waals surface area contributed by atoms with Crippen LogP contribution in [-0.2, 0) is 4.79 Å². The van der Waals surface area contributed by atoms with Gasteiger partial charge in [0.15, 0.2) is 6.61 Å². The van der Waals surface area contributed by atoms with E-state index in [0.29, 0.717) is 11.8 Å². The van der Waals surface area contributed by atoms with Gasteiger partial charge in [-0.1, -0.05) is 0 Å². The zero-order valence-electron chi connectivity index (χ0n) is 12.0. The number of pyridine rings is 1. The molecule has 1 amide bonds. The van der Waals surface area contributed by atoms with Gasteiger partial charge in [-0.3, -0.25) is 4.79 Å². The highest BCUT2D eigenvalue weighted by Crippen LogP contribution is 2.28. The van der Waals surface area contributed by atoms with E-state index in [1.54, 1.807) is 0 Å². The molecule has 0 saturated heterocycles. The number of anilines is 1. The summed E-state index contributed by atoms with van der Waals surface area (Å²) in [5.74, 6) is 1.50. The van der Waals surface area contributed by atoms with Crippen LogP contribution in [0.15, 0.2) is 0 Å². The normalized spacial score (nSPS) is 14.1. The van der Waals surface area contributed by atoms with Gasteiger partial charge < -0.3 is 15.4 Å². The number of carbonyl (C=O) groups excluding carboxylic acids is 1. The van der Waals surface area contributed by atoms with E-state index in [9.17, 15) is 4.79 Å². The standard InChI is InChI=1S/C14H21N3O2/c1-8-9(2)14(15-4)16-10(3)13(8)19-7-12(18)17-11-5-6-11/h11H,5-7H2,1-4H3,(H,15,16)(H,17,18). The largest absolute Gasteiger partial charge is 0.482 e. The number of aryl methyl sites for hydroxylation is 1. The lowest BCUT2D eigenvalue weighted by molar-refractivity contribution is -0.123. The van der Waals surface area contributed by atoms with E-state index < -0.39 is 0 Å². The van der Waals surface area contributed by atoms with Crippen LogP contribution < -0.4 is 15.4 Å². The van der Waals surface area contributed by atoms with Gasteiger partial charge in [0.2, 0.25) is 0 Å². The van der Waals surface area contributed by atoms with Crippen molar-refractivity contribution in [3.8, 4) is 5.75 Å². The average molecular weight is 263 g/mol. The van der Waals surface area contributed by atoms with Crippen molar-refractivity contribution in [3.05, 3.63) is 16.8 Å². The molecule has 1 aliphatic carbocycles. The Morgan fingerprint density at radius 1 is 1.32 bits per heavy atom. The first-order valence-corrected chi connectivity index (χ1v) is 6.60. The van der Waals surface area contributed by atoms with Crippen molar-refractivity contribution in [1.82, 2.24) is 10.3 Å². The van der Waals surface area contributed by atoms with Gasteiger partial charge in [-0.2, -0.15) is 0 Å². The van der Waals surface area contributed by atoms with E-state index in [0.717, 1.165) is 35.5 Å². The maximum atomic E-state index is 11.6. The van der Waals surface area contributed by atoms with Gasteiger partial charge in [-0.15, -0.1) is 0 Å². The molecule has 0 aromatic carbocycles. The summed E-state index contributed by atoms with van der Waals surface area (Å²) in [5, 5.41) is 5.96. The summed E-state index contributed by atoms with van der Waals surface area (Å²) in [7, 11) is 1.85. The number of aromatic nitrogens is 1. The summed E-state index contributed by atoms with van der Waals surface area (Å²) in [4.78, 5) is 16.1. The quantitative estimate of drug-likeness (QED) is 0.849. The third-order valence-corrected chi connectivity index (χ3v) is 3.39. The fourth-order valence-electron chi connectivity index (χ4n) is 2.01. The third-order valence-electron chi connectivity index (χ3n) is 3.39. The summed E-state index contributed by atoms with van der Waals surface area (Å²) >= 11 is 0. The second-order valence-electron chi connectivity index (χ2n) is 5.01. The van der Waals surface area contributed by atoms with Crippen LogP contribution in [0, 0.1) is 20.8 Å². The molecule has 2 N–H and O–H groups in total. The Morgan fingerprint density at radius 2 is 2.00 bits per heavy atom. The summed E-state index contributed by atoms with van der Waals surface area (Å²) < 4.78 is 5.64. The van der Waals surface area contributed by atoms with Gasteiger partial charge in [-0.25, -0.2) is 4.98 Å². The van der Waals surface area contributed by atoms with Crippen molar-refractivity contribution in [3.63, 3.8) is 0 Å². The molecular formula is C14H21N3O2. The highest BCUT2D eigenvalue weighted by Gasteiger charge is 2.23. The summed E-state index contributed by atoms with van der Waals surface area (Å²) in [6.45, 7) is 5.92. The first-order chi connectivity index (χ1) is 9.02. The fraction of sp³-hybridized carbons (Fsp3) is 0.571. The van der Waals surface area contributed by atoms with E-state index in [4.69, 9.17) is 4.74 Å². The van der Waals surface area contributed by atoms with Gasteiger partial charge in [-0.05, 0) is 44.7 Å². The van der Waals surface area contributed by atoms with E-state index in [-0.39, 0.29) is 12.5 Å². The Kier molecular flexibility index (Phi) is 3.93. The lowest BCUT2D eigenvalue weighted by Gasteiger charge is -2.16. The van der Waals surface area contributed by atoms with Crippen molar-refractivity contribution in [2.24, 2.45) is 0 Å². The Hall–Kier alpha value is -1.78. The van der Waals surface area contributed by atoms with Crippen LogP contribution >= 0.6 is 0 Å². The van der Waals surface area contributed by atoms with Crippen LogP contribution in [0.1, 0.15) is 29.7 Å². The van der Waals surface area contributed by atoms with Crippen LogP contribution in [0.25, 0.3) is 0 Å². The zero-order chi connectivity index (χ0) is 14.0. The molecule has 1 fully saturated rings. The number of nitrogens with one attached hydrogen (secondary N) is 2. The van der Waals surface area contributed by atoms with Crippen molar-refractivity contribution in [2.75, 3.05) is 19.0 Å². The second-order valence-corrected chi connectivity index (χ2v) is 5.01. The Bertz CT molecular complexity index is 496. The first kappa shape index (κ1) is 13.6. The summed E-state index contributed by atoms with van der Waals surface area (Å²) in [5.41, 5.74) is 2.87. The van der Waals surface area contributed by atoms with Crippen LogP contribution in [0.3, 0.4) is 0 Å². The van der Waals surface area contributed by atoms with E-state index in [1.165, 1.54) is 0 Å². The van der Waals surface area contributed by atoms with Gasteiger partial charge in [0.05, 0.1) is 5.69 Å². The minimum absolute atomic E-state index is 0.0538. The molecule has 1 aliphatic rings. The molecule has 0 aliphatic heterocycles. The predicted octanol–water partition coefficient (Wildman–Crippen LogP) is 1.71. The number of nitrogens with zero attached hydrogens (tertiary/aromatic N) is 1. The summed E-state index contributed by atoms with van der Waals surface area (Å²) in [6.07, 6.45) is 2.17. The van der Waals surface area contributed by atoms with Crippen LogP contribution in [-0.4, -0.2) is 30.6 Å². The monoisotopic (exact) mass is 263 g/mol. The lowest BCUT2D eigenvalue weighted by atomic mass is 10.1. The molecule has 0 unspecified atom stereocenters. The Morgan fingerprint density at radius 3 is 2.58 bits per heavy atom. The number of hydrogen-bond acceptors (Lipinski definition) is 4. The van der Waals surface area contributed by atoms with Crippen LogP contribution in [0.4, 0.5) is 5.82 Å². The molecular weight excluding hydrogens is 242 g/mol.